The second-order valence-corrected chi connectivity index (χ2v) is 8.26. The minimum atomic E-state index is -1.84. The van der Waals surface area contributed by atoms with Crippen LogP contribution in [0.1, 0.15) is 22.2 Å². The molecule has 0 fully saturated rings. The molecule has 6 rings (SSSR count). The predicted molar refractivity (Wildman–Crippen MR) is 126 cm³/mol. The Morgan fingerprint density at radius 2 is 1.70 bits per heavy atom. The maximum Gasteiger partial charge on any atom is 0.216 e. The van der Waals surface area contributed by atoms with Crippen LogP contribution in [-0.2, 0) is 18.5 Å². The number of benzene rings is 3. The highest BCUT2D eigenvalue weighted by molar-refractivity contribution is 7.98. The molecule has 0 amide bonds. The zero-order valence-corrected chi connectivity index (χ0v) is 17.5. The number of furan rings is 1. The van der Waals surface area contributed by atoms with E-state index in [9.17, 15) is 0 Å². The van der Waals surface area contributed by atoms with E-state index in [0.29, 0.717) is 34.0 Å². The van der Waals surface area contributed by atoms with Crippen LogP contribution in [0.4, 0.5) is 0 Å². The van der Waals surface area contributed by atoms with Crippen LogP contribution < -0.4 is 4.57 Å². The molecular weight excluding hydrogens is 386 g/mol. The maximum absolute atomic E-state index is 8.58. The minimum Gasteiger partial charge on any atom is -0.454 e. The third-order valence-corrected chi connectivity index (χ3v) is 6.48. The third kappa shape index (κ3) is 2.55. The second-order valence-electron chi connectivity index (χ2n) is 7.65. The Morgan fingerprint density at radius 3 is 2.60 bits per heavy atom. The molecule has 30 heavy (non-hydrogen) atoms. The molecule has 3 heterocycles. The number of aryl methyl sites for hydroxylation is 2. The monoisotopic (exact) mass is 412 g/mol. The van der Waals surface area contributed by atoms with Crippen molar-refractivity contribution in [3.05, 3.63) is 89.6 Å². The smallest absolute Gasteiger partial charge is 0.216 e. The number of hydrogen-bond donors (Lipinski definition) is 0. The van der Waals surface area contributed by atoms with Gasteiger partial charge >= 0.3 is 0 Å². The van der Waals surface area contributed by atoms with Crippen molar-refractivity contribution in [2.75, 3.05) is 0 Å². The number of nitrogens with zero attached hydrogens (tertiary/aromatic N) is 1. The van der Waals surface area contributed by atoms with E-state index < -0.39 is 11.4 Å². The van der Waals surface area contributed by atoms with Crippen molar-refractivity contribution in [1.29, 1.82) is 0 Å². The van der Waals surface area contributed by atoms with E-state index >= 15 is 0 Å². The van der Waals surface area contributed by atoms with Gasteiger partial charge in [-0.3, -0.25) is 0 Å². The zero-order valence-electron chi connectivity index (χ0n) is 20.7. The molecule has 5 aromatic rings. The normalized spacial score (nSPS) is 18.6. The summed E-state index contributed by atoms with van der Waals surface area (Å²) in [6.45, 7) is 2.08. The first kappa shape index (κ1) is 14.1. The molecule has 0 radical (unpaired) electrons. The molecular formula is C27H22NOS+. The van der Waals surface area contributed by atoms with Crippen LogP contribution in [0.3, 0.4) is 0 Å². The van der Waals surface area contributed by atoms with Crippen molar-refractivity contribution in [2.24, 2.45) is 7.05 Å². The third-order valence-electron chi connectivity index (χ3n) is 5.86. The first-order valence-corrected chi connectivity index (χ1v) is 10.7. The summed E-state index contributed by atoms with van der Waals surface area (Å²) in [5.41, 5.74) is 3.26. The van der Waals surface area contributed by atoms with Crippen LogP contribution in [0.2, 0.25) is 0 Å². The highest BCUT2D eigenvalue weighted by Crippen LogP contribution is 2.43. The molecule has 0 unspecified atom stereocenters. The van der Waals surface area contributed by atoms with E-state index in [-0.39, 0.29) is 0 Å². The molecule has 2 nitrogen and oxygen atoms in total. The highest BCUT2D eigenvalue weighted by Gasteiger charge is 2.23. The standard InChI is InChI=1S/C27H22NOS/c1-17-12-13-22-21-10-6-9-20(19-8-5-7-18-15-30-16-23(18)19)26(21)29-27(22)25(17)24-11-3-4-14-28(24)2/h3-14H,15-16H2,1-2H3/q+1/i15D2,16D2. The van der Waals surface area contributed by atoms with E-state index in [4.69, 9.17) is 9.90 Å². The Balaban J connectivity index is 1.69. The fourth-order valence-electron chi connectivity index (χ4n) is 4.38. The molecule has 0 N–H and O–H groups in total. The molecule has 3 aromatic carbocycles. The Bertz CT molecular complexity index is 1620. The summed E-state index contributed by atoms with van der Waals surface area (Å²) in [5.74, 6) is 0. The van der Waals surface area contributed by atoms with E-state index in [2.05, 4.69) is 29.7 Å². The summed E-state index contributed by atoms with van der Waals surface area (Å²) >= 11 is 0.710. The number of rotatable bonds is 2. The van der Waals surface area contributed by atoms with Crippen molar-refractivity contribution >= 4 is 33.7 Å². The Hall–Kier alpha value is -3.04. The number of fused-ring (bicyclic) bond motifs is 4. The zero-order chi connectivity index (χ0) is 23.8. The summed E-state index contributed by atoms with van der Waals surface area (Å²) in [6, 6.07) is 21.6. The molecule has 3 heteroatoms. The lowest BCUT2D eigenvalue weighted by Crippen LogP contribution is -2.30. The first-order valence-electron chi connectivity index (χ1n) is 11.9. The van der Waals surface area contributed by atoms with E-state index in [1.54, 1.807) is 12.1 Å². The van der Waals surface area contributed by atoms with Gasteiger partial charge in [-0.1, -0.05) is 48.5 Å². The number of pyridine rings is 1. The first-order chi connectivity index (χ1) is 16.2. The average molecular weight is 413 g/mol. The molecule has 0 spiro atoms. The van der Waals surface area contributed by atoms with Crippen LogP contribution >= 0.6 is 11.8 Å². The Morgan fingerprint density at radius 1 is 0.867 bits per heavy atom. The summed E-state index contributed by atoms with van der Waals surface area (Å²) in [5, 5.41) is 1.96. The molecule has 0 atom stereocenters. The van der Waals surface area contributed by atoms with E-state index in [1.165, 1.54) is 0 Å². The Labute approximate surface area is 185 Å². The summed E-state index contributed by atoms with van der Waals surface area (Å²) in [4.78, 5) is 0. The van der Waals surface area contributed by atoms with Gasteiger partial charge in [0.25, 0.3) is 0 Å². The lowest BCUT2D eigenvalue weighted by molar-refractivity contribution is -0.660. The lowest BCUT2D eigenvalue weighted by atomic mass is 9.95. The van der Waals surface area contributed by atoms with Crippen LogP contribution in [-0.4, -0.2) is 0 Å². The molecule has 0 bridgehead atoms. The van der Waals surface area contributed by atoms with Crippen molar-refractivity contribution < 1.29 is 14.5 Å². The van der Waals surface area contributed by atoms with Gasteiger partial charge in [0.1, 0.15) is 18.2 Å². The SMILES string of the molecule is [2H]C1([2H])SC([2H])([2H])c2c(-c3cccc4c3oc3c(-c5cccc[n+]5C)c(C)ccc34)cccc21. The molecule has 0 saturated carbocycles. The van der Waals surface area contributed by atoms with Crippen molar-refractivity contribution in [3.63, 3.8) is 0 Å². The van der Waals surface area contributed by atoms with Crippen LogP contribution in [0.15, 0.2) is 77.3 Å². The molecule has 146 valence electrons. The molecule has 1 aliphatic rings. The molecule has 0 aliphatic carbocycles. The quantitative estimate of drug-likeness (QED) is 0.297. The van der Waals surface area contributed by atoms with Gasteiger partial charge < -0.3 is 4.42 Å². The number of aromatic nitrogens is 1. The van der Waals surface area contributed by atoms with Gasteiger partial charge in [0.05, 0.1) is 5.56 Å². The van der Waals surface area contributed by atoms with Gasteiger partial charge in [0.15, 0.2) is 6.20 Å². The summed E-state index contributed by atoms with van der Waals surface area (Å²) < 4.78 is 42.6. The van der Waals surface area contributed by atoms with Gasteiger partial charge in [-0.15, -0.1) is 0 Å². The Kier molecular flexibility index (Phi) is 3.16. The highest BCUT2D eigenvalue weighted by atomic mass is 32.2. The average Bonchev–Trinajstić information content (AvgIpc) is 3.26. The summed E-state index contributed by atoms with van der Waals surface area (Å²) in [6.07, 6.45) is 2.02. The van der Waals surface area contributed by atoms with Gasteiger partial charge in [-0.05, 0) is 35.2 Å². The van der Waals surface area contributed by atoms with Gasteiger partial charge in [-0.2, -0.15) is 11.8 Å². The summed E-state index contributed by atoms with van der Waals surface area (Å²) in [7, 11) is 2.02. The van der Waals surface area contributed by atoms with E-state index in [0.717, 1.165) is 38.7 Å². The van der Waals surface area contributed by atoms with Crippen LogP contribution in [0, 0.1) is 6.92 Å². The van der Waals surface area contributed by atoms with Crippen LogP contribution in [0.25, 0.3) is 44.3 Å². The molecule has 2 aromatic heterocycles. The predicted octanol–water partition coefficient (Wildman–Crippen LogP) is 6.80. The number of hydrogen-bond acceptors (Lipinski definition) is 2. The molecule has 0 saturated heterocycles. The maximum atomic E-state index is 8.58. The minimum absolute atomic E-state index is 0.390. The van der Waals surface area contributed by atoms with Crippen molar-refractivity contribution in [1.82, 2.24) is 0 Å². The van der Waals surface area contributed by atoms with Gasteiger partial charge in [0.2, 0.25) is 5.69 Å². The van der Waals surface area contributed by atoms with Crippen molar-refractivity contribution in [3.8, 4) is 22.4 Å². The molecule has 1 aliphatic heterocycles. The van der Waals surface area contributed by atoms with Crippen molar-refractivity contribution in [2.45, 2.75) is 18.3 Å². The van der Waals surface area contributed by atoms with Gasteiger partial charge in [-0.25, -0.2) is 4.57 Å². The fourth-order valence-corrected chi connectivity index (χ4v) is 5.03. The number of para-hydroxylation sites is 1. The fraction of sp³-hybridized carbons (Fsp3) is 0.148. The van der Waals surface area contributed by atoms with Gasteiger partial charge in [0, 0.05) is 45.4 Å². The lowest BCUT2D eigenvalue weighted by Gasteiger charge is -2.08. The van der Waals surface area contributed by atoms with E-state index in [1.807, 2.05) is 49.6 Å². The number of thioether (sulfide) groups is 1. The van der Waals surface area contributed by atoms with Crippen LogP contribution in [0.5, 0.6) is 0 Å². The topological polar surface area (TPSA) is 17.0 Å². The largest absolute Gasteiger partial charge is 0.454 e. The second kappa shape index (κ2) is 6.75.